The molecule has 4 aromatic rings. The minimum absolute atomic E-state index is 0.0878. The van der Waals surface area contributed by atoms with E-state index >= 15 is 0 Å². The molecular weight excluding hydrogens is 324 g/mol. The van der Waals surface area contributed by atoms with Gasteiger partial charge in [-0.1, -0.05) is 17.3 Å². The molecule has 0 fully saturated rings. The first-order chi connectivity index (χ1) is 11.8. The molecular formula is C17H14N4O2S. The minimum Gasteiger partial charge on any atom is -0.339 e. The summed E-state index contributed by atoms with van der Waals surface area (Å²) in [4.78, 5) is 18.0. The summed E-state index contributed by atoms with van der Waals surface area (Å²) in [5, 5.41) is 6.84. The molecule has 4 rings (SSSR count). The smallest absolute Gasteiger partial charge is 0.275 e. The topological polar surface area (TPSA) is 65.8 Å². The third-order valence-electron chi connectivity index (χ3n) is 3.73. The van der Waals surface area contributed by atoms with Gasteiger partial charge in [0.05, 0.1) is 4.88 Å². The molecule has 0 radical (unpaired) electrons. The number of aromatic nitrogens is 4. The van der Waals surface area contributed by atoms with Crippen LogP contribution in [-0.2, 0) is 13.1 Å². The molecule has 0 aromatic carbocycles. The first kappa shape index (κ1) is 14.6. The largest absolute Gasteiger partial charge is 0.339 e. The summed E-state index contributed by atoms with van der Waals surface area (Å²) in [5.41, 5.74) is 0.561. The molecule has 0 amide bonds. The van der Waals surface area contributed by atoms with Crippen molar-refractivity contribution in [1.82, 2.24) is 19.3 Å². The van der Waals surface area contributed by atoms with E-state index in [2.05, 4.69) is 16.7 Å². The number of rotatable bonds is 5. The second-order valence-electron chi connectivity index (χ2n) is 5.30. The molecule has 0 N–H and O–H groups in total. The average Bonchev–Trinajstić information content (AvgIpc) is 3.31. The van der Waals surface area contributed by atoms with E-state index in [1.165, 1.54) is 0 Å². The lowest BCUT2D eigenvalue weighted by molar-refractivity contribution is 0.370. The van der Waals surface area contributed by atoms with E-state index in [0.29, 0.717) is 23.8 Å². The van der Waals surface area contributed by atoms with Crippen molar-refractivity contribution in [2.75, 3.05) is 0 Å². The summed E-state index contributed by atoms with van der Waals surface area (Å²) in [5.74, 6) is 0.950. The van der Waals surface area contributed by atoms with Gasteiger partial charge in [-0.05, 0) is 23.6 Å². The molecule has 24 heavy (non-hydrogen) atoms. The Morgan fingerprint density at radius 3 is 2.83 bits per heavy atom. The first-order valence-electron chi connectivity index (χ1n) is 7.42. The molecule has 0 aliphatic rings. The monoisotopic (exact) mass is 338 g/mol. The lowest BCUT2D eigenvalue weighted by atomic mass is 10.3. The quantitative estimate of drug-likeness (QED) is 0.524. The molecule has 4 heterocycles. The van der Waals surface area contributed by atoms with Gasteiger partial charge in [0.25, 0.3) is 5.56 Å². The zero-order chi connectivity index (χ0) is 16.5. The second-order valence-corrected chi connectivity index (χ2v) is 6.25. The van der Waals surface area contributed by atoms with Gasteiger partial charge in [0.1, 0.15) is 12.1 Å². The van der Waals surface area contributed by atoms with Crippen molar-refractivity contribution in [3.05, 3.63) is 70.9 Å². The van der Waals surface area contributed by atoms with Crippen LogP contribution in [0, 0.1) is 0 Å². The Kier molecular flexibility index (Phi) is 3.62. The van der Waals surface area contributed by atoms with E-state index in [4.69, 9.17) is 4.52 Å². The highest BCUT2D eigenvalue weighted by Crippen LogP contribution is 2.21. The number of nitrogens with zero attached hydrogens (tertiary/aromatic N) is 4. The van der Waals surface area contributed by atoms with Gasteiger partial charge in [0.2, 0.25) is 11.7 Å². The summed E-state index contributed by atoms with van der Waals surface area (Å²) in [6.07, 6.45) is 5.40. The Hall–Kier alpha value is -2.93. The minimum atomic E-state index is -0.0878. The third-order valence-corrected chi connectivity index (χ3v) is 4.60. The predicted molar refractivity (Wildman–Crippen MR) is 93.1 cm³/mol. The number of hydrogen-bond acceptors (Lipinski definition) is 5. The molecule has 4 aromatic heterocycles. The van der Waals surface area contributed by atoms with E-state index in [1.54, 1.807) is 28.2 Å². The Balaban J connectivity index is 1.70. The van der Waals surface area contributed by atoms with Gasteiger partial charge in [-0.15, -0.1) is 17.9 Å². The maximum Gasteiger partial charge on any atom is 0.275 e. The third kappa shape index (κ3) is 2.48. The van der Waals surface area contributed by atoms with Crippen LogP contribution in [0.15, 0.2) is 64.0 Å². The SMILES string of the molecule is C=CCn1ccc2ccn(Cc3nc(-c4cccs4)no3)c(=O)c21. The fourth-order valence-electron chi connectivity index (χ4n) is 2.63. The van der Waals surface area contributed by atoms with E-state index in [-0.39, 0.29) is 12.1 Å². The Morgan fingerprint density at radius 1 is 1.25 bits per heavy atom. The maximum absolute atomic E-state index is 12.7. The number of pyridine rings is 1. The molecule has 120 valence electrons. The van der Waals surface area contributed by atoms with Gasteiger partial charge in [0.15, 0.2) is 0 Å². The highest BCUT2D eigenvalue weighted by atomic mass is 32.1. The number of hydrogen-bond donors (Lipinski definition) is 0. The van der Waals surface area contributed by atoms with E-state index in [0.717, 1.165) is 10.3 Å². The van der Waals surface area contributed by atoms with Crippen molar-refractivity contribution in [2.24, 2.45) is 0 Å². The summed E-state index contributed by atoms with van der Waals surface area (Å²) < 4.78 is 8.74. The molecule has 6 nitrogen and oxygen atoms in total. The van der Waals surface area contributed by atoms with Crippen molar-refractivity contribution >= 4 is 22.2 Å². The van der Waals surface area contributed by atoms with Crippen LogP contribution in [0.2, 0.25) is 0 Å². The number of allylic oxidation sites excluding steroid dienone is 1. The van der Waals surface area contributed by atoms with E-state index < -0.39 is 0 Å². The van der Waals surface area contributed by atoms with Crippen molar-refractivity contribution in [2.45, 2.75) is 13.1 Å². The van der Waals surface area contributed by atoms with Crippen LogP contribution in [0.25, 0.3) is 21.6 Å². The zero-order valence-electron chi connectivity index (χ0n) is 12.8. The summed E-state index contributed by atoms with van der Waals surface area (Å²) in [6.45, 7) is 4.56. The van der Waals surface area contributed by atoms with Crippen molar-refractivity contribution in [3.8, 4) is 10.7 Å². The Labute approximate surface area is 141 Å². The van der Waals surface area contributed by atoms with Crippen molar-refractivity contribution in [3.63, 3.8) is 0 Å². The van der Waals surface area contributed by atoms with Gasteiger partial charge in [0, 0.05) is 24.3 Å². The lowest BCUT2D eigenvalue weighted by Gasteiger charge is -2.05. The standard InChI is InChI=1S/C17H14N4O2S/c1-2-7-20-8-5-12-6-9-21(17(22)15(12)20)11-14-18-16(19-23-14)13-4-3-10-24-13/h2-6,8-10H,1,7,11H2. The fourth-order valence-corrected chi connectivity index (χ4v) is 3.28. The molecule has 0 unspecified atom stereocenters. The summed E-state index contributed by atoms with van der Waals surface area (Å²) >= 11 is 1.54. The number of thiophene rings is 1. The zero-order valence-corrected chi connectivity index (χ0v) is 13.6. The Bertz CT molecular complexity index is 1060. The molecule has 0 saturated carbocycles. The molecule has 0 aliphatic heterocycles. The van der Waals surface area contributed by atoms with Crippen LogP contribution >= 0.6 is 11.3 Å². The van der Waals surface area contributed by atoms with Crippen molar-refractivity contribution < 1.29 is 4.52 Å². The molecule has 0 atom stereocenters. The van der Waals surface area contributed by atoms with Crippen LogP contribution in [0.3, 0.4) is 0 Å². The van der Waals surface area contributed by atoms with Gasteiger partial charge >= 0.3 is 0 Å². The van der Waals surface area contributed by atoms with E-state index in [1.807, 2.05) is 40.4 Å². The summed E-state index contributed by atoms with van der Waals surface area (Å²) in [7, 11) is 0. The molecule has 0 saturated heterocycles. The molecule has 0 spiro atoms. The molecule has 0 bridgehead atoms. The van der Waals surface area contributed by atoms with Crippen LogP contribution in [0.5, 0.6) is 0 Å². The summed E-state index contributed by atoms with van der Waals surface area (Å²) in [6, 6.07) is 7.70. The maximum atomic E-state index is 12.7. The van der Waals surface area contributed by atoms with Gasteiger partial charge in [-0.25, -0.2) is 0 Å². The van der Waals surface area contributed by atoms with Gasteiger partial charge in [-0.2, -0.15) is 4.98 Å². The number of fused-ring (bicyclic) bond motifs is 1. The van der Waals surface area contributed by atoms with Crippen LogP contribution < -0.4 is 5.56 Å². The van der Waals surface area contributed by atoms with Crippen LogP contribution in [0.1, 0.15) is 5.89 Å². The predicted octanol–water partition coefficient (Wildman–Crippen LogP) is 3.15. The normalized spacial score (nSPS) is 11.2. The molecule has 0 aliphatic carbocycles. The fraction of sp³-hybridized carbons (Fsp3) is 0.118. The van der Waals surface area contributed by atoms with Crippen LogP contribution in [-0.4, -0.2) is 19.3 Å². The second kappa shape index (κ2) is 5.93. The lowest BCUT2D eigenvalue weighted by Crippen LogP contribution is -2.22. The highest BCUT2D eigenvalue weighted by Gasteiger charge is 2.12. The van der Waals surface area contributed by atoms with Crippen LogP contribution in [0.4, 0.5) is 0 Å². The highest BCUT2D eigenvalue weighted by molar-refractivity contribution is 7.13. The first-order valence-corrected chi connectivity index (χ1v) is 8.30. The van der Waals surface area contributed by atoms with Gasteiger partial charge < -0.3 is 13.7 Å². The van der Waals surface area contributed by atoms with Gasteiger partial charge in [-0.3, -0.25) is 4.79 Å². The Morgan fingerprint density at radius 2 is 2.08 bits per heavy atom. The average molecular weight is 338 g/mol. The van der Waals surface area contributed by atoms with E-state index in [9.17, 15) is 4.79 Å². The molecule has 7 heteroatoms. The van der Waals surface area contributed by atoms with Crippen molar-refractivity contribution in [1.29, 1.82) is 0 Å².